The third-order valence-corrected chi connectivity index (χ3v) is 5.36. The highest BCUT2D eigenvalue weighted by atomic mass is 16.4. The molecule has 1 aromatic carbocycles. The van der Waals surface area contributed by atoms with E-state index in [2.05, 4.69) is 5.32 Å². The molecule has 3 aliphatic rings. The van der Waals surface area contributed by atoms with Gasteiger partial charge in [-0.15, -0.1) is 0 Å². The molecule has 1 atom stereocenters. The molecule has 0 bridgehead atoms. The number of carbonyl (C=O) groups excluding carboxylic acids is 4. The molecule has 3 heterocycles. The molecule has 4 amide bonds. The second-order valence-corrected chi connectivity index (χ2v) is 6.91. The summed E-state index contributed by atoms with van der Waals surface area (Å²) in [5, 5.41) is 11.3. The number of hydrogen-bond acceptors (Lipinski definition) is 6. The van der Waals surface area contributed by atoms with Crippen LogP contribution in [0.1, 0.15) is 40.0 Å². The fourth-order valence-corrected chi connectivity index (χ4v) is 3.95. The first-order valence-electron chi connectivity index (χ1n) is 8.71. The number of piperidine rings is 1. The zero-order valence-corrected chi connectivity index (χ0v) is 14.3. The molecule has 4 rings (SSSR count). The van der Waals surface area contributed by atoms with Crippen molar-refractivity contribution in [3.05, 3.63) is 29.3 Å². The molecule has 0 saturated carbocycles. The maximum atomic E-state index is 13.0. The maximum absolute atomic E-state index is 13.0. The highest BCUT2D eigenvalue weighted by molar-refractivity contribution is 6.26. The molecule has 0 spiro atoms. The minimum atomic E-state index is -1.13. The minimum absolute atomic E-state index is 0.199. The van der Waals surface area contributed by atoms with Gasteiger partial charge in [-0.2, -0.15) is 0 Å². The van der Waals surface area contributed by atoms with E-state index >= 15 is 0 Å². The summed E-state index contributed by atoms with van der Waals surface area (Å²) in [5.41, 5.74) is 0.968. The van der Waals surface area contributed by atoms with Crippen molar-refractivity contribution in [1.82, 2.24) is 10.2 Å². The Kier molecular flexibility index (Phi) is 3.94. The first kappa shape index (κ1) is 17.2. The second-order valence-electron chi connectivity index (χ2n) is 6.91. The molecule has 2 N–H and O–H groups in total. The summed E-state index contributed by atoms with van der Waals surface area (Å²) in [7, 11) is 0. The molecule has 0 radical (unpaired) electrons. The highest BCUT2D eigenvalue weighted by Gasteiger charge is 2.48. The van der Waals surface area contributed by atoms with E-state index < -0.39 is 41.6 Å². The average Bonchev–Trinajstić information content (AvgIpc) is 3.11. The SMILES string of the molecule is O=C1CC(N2C(=O)c3cccc(N4CCC(C(=O)O)CC4)c3C2=O)C(=O)N1. The molecular formula is C18H17N3O6. The lowest BCUT2D eigenvalue weighted by atomic mass is 9.95. The predicted molar refractivity (Wildman–Crippen MR) is 91.1 cm³/mol. The van der Waals surface area contributed by atoms with Crippen LogP contribution in [0.5, 0.6) is 0 Å². The smallest absolute Gasteiger partial charge is 0.306 e. The number of aliphatic carboxylic acids is 1. The lowest BCUT2D eigenvalue weighted by Gasteiger charge is -2.32. The van der Waals surface area contributed by atoms with Gasteiger partial charge in [-0.25, -0.2) is 0 Å². The van der Waals surface area contributed by atoms with Gasteiger partial charge in [0.25, 0.3) is 11.8 Å². The van der Waals surface area contributed by atoms with Crippen molar-refractivity contribution in [2.45, 2.75) is 25.3 Å². The third-order valence-electron chi connectivity index (χ3n) is 5.36. The number of hydrogen-bond donors (Lipinski definition) is 2. The highest BCUT2D eigenvalue weighted by Crippen LogP contribution is 2.35. The number of carboxylic acid groups (broad SMARTS) is 1. The van der Waals surface area contributed by atoms with Crippen LogP contribution in [-0.2, 0) is 14.4 Å². The molecular weight excluding hydrogens is 354 g/mol. The van der Waals surface area contributed by atoms with Crippen molar-refractivity contribution in [3.63, 3.8) is 0 Å². The summed E-state index contributed by atoms with van der Waals surface area (Å²) >= 11 is 0. The van der Waals surface area contributed by atoms with Crippen molar-refractivity contribution in [2.75, 3.05) is 18.0 Å². The molecule has 3 aliphatic heterocycles. The second kappa shape index (κ2) is 6.19. The van der Waals surface area contributed by atoms with Crippen LogP contribution in [0.2, 0.25) is 0 Å². The van der Waals surface area contributed by atoms with Gasteiger partial charge in [0.05, 0.1) is 29.2 Å². The van der Waals surface area contributed by atoms with Gasteiger partial charge in [-0.05, 0) is 25.0 Å². The van der Waals surface area contributed by atoms with Gasteiger partial charge in [0, 0.05) is 13.1 Å². The van der Waals surface area contributed by atoms with Crippen LogP contribution in [-0.4, -0.2) is 58.7 Å². The van der Waals surface area contributed by atoms with Crippen molar-refractivity contribution in [3.8, 4) is 0 Å². The molecule has 0 aromatic heterocycles. The number of anilines is 1. The minimum Gasteiger partial charge on any atom is -0.481 e. The topological polar surface area (TPSA) is 124 Å². The predicted octanol–water partition coefficient (Wildman–Crippen LogP) is -0.00130. The number of rotatable bonds is 3. The molecule has 9 heteroatoms. The summed E-state index contributed by atoms with van der Waals surface area (Å²) in [5.74, 6) is -3.61. The number of nitrogens with one attached hydrogen (secondary N) is 1. The van der Waals surface area contributed by atoms with E-state index in [1.165, 1.54) is 6.07 Å². The lowest BCUT2D eigenvalue weighted by Crippen LogP contribution is -2.44. The zero-order valence-electron chi connectivity index (χ0n) is 14.3. The maximum Gasteiger partial charge on any atom is 0.306 e. The first-order valence-corrected chi connectivity index (χ1v) is 8.71. The number of fused-ring (bicyclic) bond motifs is 1. The third kappa shape index (κ3) is 2.66. The van der Waals surface area contributed by atoms with E-state index in [1.807, 2.05) is 4.90 Å². The van der Waals surface area contributed by atoms with Crippen LogP contribution >= 0.6 is 0 Å². The Morgan fingerprint density at radius 1 is 1.07 bits per heavy atom. The van der Waals surface area contributed by atoms with E-state index in [4.69, 9.17) is 5.11 Å². The van der Waals surface area contributed by atoms with Gasteiger partial charge < -0.3 is 10.0 Å². The quantitative estimate of drug-likeness (QED) is 0.717. The van der Waals surface area contributed by atoms with Crippen molar-refractivity contribution >= 4 is 35.3 Å². The van der Waals surface area contributed by atoms with Crippen LogP contribution in [0.4, 0.5) is 5.69 Å². The Labute approximate surface area is 153 Å². The van der Waals surface area contributed by atoms with Crippen molar-refractivity contribution in [1.29, 1.82) is 0 Å². The molecule has 2 fully saturated rings. The molecule has 27 heavy (non-hydrogen) atoms. The standard InChI is InChI=1S/C18H17N3O6/c22-13-8-12(15(23)19-13)21-16(24)10-2-1-3-11(14(10)17(21)25)20-6-4-9(5-7-20)18(26)27/h1-3,9,12H,4-8H2,(H,26,27)(H,19,22,23). The van der Waals surface area contributed by atoms with Gasteiger partial charge in [0.15, 0.2) is 0 Å². The van der Waals surface area contributed by atoms with E-state index in [9.17, 15) is 24.0 Å². The number of carboxylic acids is 1. The summed E-state index contributed by atoms with van der Waals surface area (Å²) < 4.78 is 0. The van der Waals surface area contributed by atoms with Crippen LogP contribution in [0.25, 0.3) is 0 Å². The number of carbonyl (C=O) groups is 5. The van der Waals surface area contributed by atoms with E-state index in [0.717, 1.165) is 4.90 Å². The van der Waals surface area contributed by atoms with Crippen LogP contribution in [0.15, 0.2) is 18.2 Å². The summed E-state index contributed by atoms with van der Waals surface area (Å²) in [6.45, 7) is 0.911. The Morgan fingerprint density at radius 3 is 2.37 bits per heavy atom. The Morgan fingerprint density at radius 2 is 1.78 bits per heavy atom. The monoisotopic (exact) mass is 371 g/mol. The molecule has 2 saturated heterocycles. The Bertz CT molecular complexity index is 887. The van der Waals surface area contributed by atoms with E-state index in [0.29, 0.717) is 31.6 Å². The van der Waals surface area contributed by atoms with Gasteiger partial charge in [-0.3, -0.25) is 34.2 Å². The summed E-state index contributed by atoms with van der Waals surface area (Å²) in [4.78, 5) is 63.0. The van der Waals surface area contributed by atoms with Gasteiger partial charge in [0.1, 0.15) is 6.04 Å². The van der Waals surface area contributed by atoms with Crippen molar-refractivity contribution in [2.24, 2.45) is 5.92 Å². The van der Waals surface area contributed by atoms with Gasteiger partial charge in [0.2, 0.25) is 11.8 Å². The summed E-state index contributed by atoms with van der Waals surface area (Å²) in [6.07, 6.45) is 0.665. The number of amides is 4. The van der Waals surface area contributed by atoms with Crippen molar-refractivity contribution < 1.29 is 29.1 Å². The molecule has 1 aromatic rings. The normalized spacial score (nSPS) is 23.0. The van der Waals surface area contributed by atoms with Crippen LogP contribution in [0, 0.1) is 5.92 Å². The Balaban J connectivity index is 1.65. The molecule has 0 aliphatic carbocycles. The largest absolute Gasteiger partial charge is 0.481 e. The van der Waals surface area contributed by atoms with Crippen LogP contribution in [0.3, 0.4) is 0 Å². The Hall–Kier alpha value is -3.23. The first-order chi connectivity index (χ1) is 12.9. The van der Waals surface area contributed by atoms with Crippen LogP contribution < -0.4 is 10.2 Å². The van der Waals surface area contributed by atoms with E-state index in [1.54, 1.807) is 12.1 Å². The molecule has 1 unspecified atom stereocenters. The number of benzene rings is 1. The van der Waals surface area contributed by atoms with Gasteiger partial charge in [-0.1, -0.05) is 6.07 Å². The summed E-state index contributed by atoms with van der Waals surface area (Å²) in [6, 6.07) is 3.77. The number of nitrogens with zero attached hydrogens (tertiary/aromatic N) is 2. The van der Waals surface area contributed by atoms with Gasteiger partial charge >= 0.3 is 5.97 Å². The number of imide groups is 2. The lowest BCUT2D eigenvalue weighted by molar-refractivity contribution is -0.142. The fraction of sp³-hybridized carbons (Fsp3) is 0.389. The zero-order chi connectivity index (χ0) is 19.3. The molecule has 140 valence electrons. The van der Waals surface area contributed by atoms with E-state index in [-0.39, 0.29) is 17.5 Å². The molecule has 9 nitrogen and oxygen atoms in total. The average molecular weight is 371 g/mol. The fourth-order valence-electron chi connectivity index (χ4n) is 3.95.